The van der Waals surface area contributed by atoms with Crippen LogP contribution in [0.5, 0.6) is 0 Å². The van der Waals surface area contributed by atoms with Crippen molar-refractivity contribution in [2.24, 2.45) is 0 Å². The van der Waals surface area contributed by atoms with Gasteiger partial charge in [0, 0.05) is 10.0 Å². The molecule has 29 heavy (non-hydrogen) atoms. The van der Waals surface area contributed by atoms with Crippen LogP contribution in [0.2, 0.25) is 5.02 Å². The number of fused-ring (bicyclic) bond motifs is 1. The van der Waals surface area contributed by atoms with Crippen molar-refractivity contribution in [1.29, 1.82) is 0 Å². The number of nitrogens with two attached hydrogens (primary N) is 1. The molecule has 0 saturated heterocycles. The Balaban J connectivity index is 2.29. The number of nitrogens with zero attached hydrogens (tertiary/aromatic N) is 2. The standard InChI is InChI=1S/C16H11Br2ClFN3O6/c17-7-4-9-12(22-14(21)23(9)15(25,26)16(27,28)29)11(18)10(7)13(24)6-3-5(20)1-2-8(6)19/h1-4,25-29H,(H2,21,22). The molecule has 7 N–H and O–H groups in total. The molecule has 0 spiro atoms. The van der Waals surface area contributed by atoms with Crippen LogP contribution in [0.3, 0.4) is 0 Å². The van der Waals surface area contributed by atoms with E-state index in [-0.39, 0.29) is 36.1 Å². The van der Waals surface area contributed by atoms with Gasteiger partial charge in [0.05, 0.1) is 20.6 Å². The molecule has 3 rings (SSSR count). The van der Waals surface area contributed by atoms with Gasteiger partial charge in [-0.15, -0.1) is 0 Å². The molecule has 2 aromatic carbocycles. The van der Waals surface area contributed by atoms with E-state index in [0.29, 0.717) is 4.57 Å². The summed E-state index contributed by atoms with van der Waals surface area (Å²) in [5.41, 5.74) is 5.16. The molecule has 1 aromatic heterocycles. The van der Waals surface area contributed by atoms with Crippen LogP contribution < -0.4 is 5.73 Å². The molecule has 0 saturated carbocycles. The van der Waals surface area contributed by atoms with Crippen LogP contribution in [-0.4, -0.2) is 46.8 Å². The van der Waals surface area contributed by atoms with Gasteiger partial charge in [-0.2, -0.15) is 0 Å². The van der Waals surface area contributed by atoms with Crippen molar-refractivity contribution in [2.75, 3.05) is 5.73 Å². The van der Waals surface area contributed by atoms with E-state index in [1.165, 1.54) is 6.07 Å². The predicted octanol–water partition coefficient (Wildman–Crippen LogP) is 1.39. The van der Waals surface area contributed by atoms with Gasteiger partial charge in [0.25, 0.3) is 0 Å². The fourth-order valence-corrected chi connectivity index (χ4v) is 4.40. The second-order valence-electron chi connectivity index (χ2n) is 5.94. The topological polar surface area (TPSA) is 162 Å². The number of hydrogen-bond donors (Lipinski definition) is 6. The summed E-state index contributed by atoms with van der Waals surface area (Å²) in [5, 5.41) is 47.8. The van der Waals surface area contributed by atoms with Crippen LogP contribution in [0, 0.1) is 5.82 Å². The number of ketones is 1. The number of hydrogen-bond acceptors (Lipinski definition) is 8. The summed E-state index contributed by atoms with van der Waals surface area (Å²) in [6.45, 7) is 0. The molecular weight excluding hydrogens is 544 g/mol. The molecule has 1 heterocycles. The summed E-state index contributed by atoms with van der Waals surface area (Å²) in [7, 11) is 0. The minimum Gasteiger partial charge on any atom is -0.369 e. The Kier molecular flexibility index (Phi) is 5.51. The largest absolute Gasteiger partial charge is 0.369 e. The minimum absolute atomic E-state index is 0.00398. The highest BCUT2D eigenvalue weighted by Gasteiger charge is 2.50. The van der Waals surface area contributed by atoms with Gasteiger partial charge in [0.2, 0.25) is 5.95 Å². The molecule has 0 unspecified atom stereocenters. The number of carbonyl (C=O) groups excluding carboxylic acids is 1. The van der Waals surface area contributed by atoms with Crippen LogP contribution in [-0.2, 0) is 5.91 Å². The van der Waals surface area contributed by atoms with Crippen LogP contribution in [0.4, 0.5) is 10.3 Å². The fraction of sp³-hybridized carbons (Fsp3) is 0.125. The van der Waals surface area contributed by atoms with E-state index in [9.17, 15) is 34.7 Å². The lowest BCUT2D eigenvalue weighted by Crippen LogP contribution is -2.56. The number of aromatic nitrogens is 2. The van der Waals surface area contributed by atoms with Gasteiger partial charge in [-0.3, -0.25) is 9.36 Å². The maximum Gasteiger partial charge on any atom is 0.355 e. The van der Waals surface area contributed by atoms with Crippen molar-refractivity contribution in [3.8, 4) is 0 Å². The van der Waals surface area contributed by atoms with E-state index in [4.69, 9.17) is 17.3 Å². The number of rotatable bonds is 4. The third kappa shape index (κ3) is 3.55. The van der Waals surface area contributed by atoms with Gasteiger partial charge in [-0.1, -0.05) is 11.6 Å². The zero-order valence-electron chi connectivity index (χ0n) is 13.9. The van der Waals surface area contributed by atoms with E-state index in [0.717, 1.165) is 18.2 Å². The van der Waals surface area contributed by atoms with Crippen molar-refractivity contribution < 1.29 is 34.7 Å². The third-order valence-electron chi connectivity index (χ3n) is 4.03. The van der Waals surface area contributed by atoms with E-state index >= 15 is 0 Å². The minimum atomic E-state index is -4.00. The average Bonchev–Trinajstić information content (AvgIpc) is 2.92. The van der Waals surface area contributed by atoms with Crippen LogP contribution in [0.25, 0.3) is 11.0 Å². The quantitative estimate of drug-likeness (QED) is 0.208. The monoisotopic (exact) mass is 553 g/mol. The fourth-order valence-electron chi connectivity index (χ4n) is 2.65. The predicted molar refractivity (Wildman–Crippen MR) is 106 cm³/mol. The van der Waals surface area contributed by atoms with Gasteiger partial charge in [-0.05, 0) is 56.1 Å². The Hall–Kier alpha value is -1.64. The number of carbonyl (C=O) groups is 1. The molecule has 9 nitrogen and oxygen atoms in total. The lowest BCUT2D eigenvalue weighted by atomic mass is 10.0. The van der Waals surface area contributed by atoms with Gasteiger partial charge >= 0.3 is 11.9 Å². The summed E-state index contributed by atoms with van der Waals surface area (Å²) in [6.07, 6.45) is 0. The molecule has 0 aliphatic carbocycles. The molecule has 13 heteroatoms. The molecular formula is C16H11Br2ClFN3O6. The van der Waals surface area contributed by atoms with Gasteiger partial charge in [0.15, 0.2) is 5.78 Å². The molecule has 0 aliphatic rings. The Morgan fingerprint density at radius 1 is 1.17 bits per heavy atom. The number of benzene rings is 2. The molecule has 154 valence electrons. The molecule has 0 aliphatic heterocycles. The second-order valence-corrected chi connectivity index (χ2v) is 8.00. The Labute approximate surface area is 183 Å². The highest BCUT2D eigenvalue weighted by molar-refractivity contribution is 9.11. The highest BCUT2D eigenvalue weighted by Crippen LogP contribution is 2.39. The zero-order chi connectivity index (χ0) is 21.9. The van der Waals surface area contributed by atoms with Gasteiger partial charge < -0.3 is 31.3 Å². The number of aliphatic hydroxyl groups is 5. The van der Waals surface area contributed by atoms with Gasteiger partial charge in [0.1, 0.15) is 11.3 Å². The van der Waals surface area contributed by atoms with Crippen molar-refractivity contribution in [2.45, 2.75) is 11.9 Å². The first-order chi connectivity index (χ1) is 13.3. The van der Waals surface area contributed by atoms with Gasteiger partial charge in [-0.25, -0.2) is 9.37 Å². The Bertz CT molecular complexity index is 1160. The van der Waals surface area contributed by atoms with Crippen LogP contribution in [0.1, 0.15) is 15.9 Å². The van der Waals surface area contributed by atoms with E-state index in [1.54, 1.807) is 0 Å². The third-order valence-corrected chi connectivity index (χ3v) is 5.76. The molecule has 0 atom stereocenters. The summed E-state index contributed by atoms with van der Waals surface area (Å²) in [5.74, 6) is -9.70. The van der Waals surface area contributed by atoms with Crippen LogP contribution >= 0.6 is 43.5 Å². The van der Waals surface area contributed by atoms with E-state index in [1.807, 2.05) is 0 Å². The molecule has 0 radical (unpaired) electrons. The first-order valence-corrected chi connectivity index (χ1v) is 9.51. The zero-order valence-corrected chi connectivity index (χ0v) is 17.9. The number of anilines is 1. The second kappa shape index (κ2) is 7.25. The molecule has 0 bridgehead atoms. The van der Waals surface area contributed by atoms with Crippen molar-refractivity contribution >= 4 is 66.2 Å². The highest BCUT2D eigenvalue weighted by atomic mass is 79.9. The van der Waals surface area contributed by atoms with Crippen molar-refractivity contribution in [1.82, 2.24) is 9.55 Å². The Morgan fingerprint density at radius 3 is 2.38 bits per heavy atom. The van der Waals surface area contributed by atoms with E-state index < -0.39 is 29.4 Å². The summed E-state index contributed by atoms with van der Waals surface area (Å²) >= 11 is 12.3. The maximum atomic E-state index is 13.6. The summed E-state index contributed by atoms with van der Waals surface area (Å²) in [4.78, 5) is 16.8. The molecule has 3 aromatic rings. The SMILES string of the molecule is Nc1nc2c(Br)c(C(=O)c3cc(F)ccc3Cl)c(Br)cc2n1C(O)(O)C(O)(O)O. The first kappa shape index (κ1) is 22.1. The average molecular weight is 556 g/mol. The van der Waals surface area contributed by atoms with E-state index in [2.05, 4.69) is 36.8 Å². The van der Waals surface area contributed by atoms with Crippen LogP contribution in [0.15, 0.2) is 33.2 Å². The maximum absolute atomic E-state index is 13.6. The summed E-state index contributed by atoms with van der Waals surface area (Å²) < 4.78 is 14.0. The lowest BCUT2D eigenvalue weighted by molar-refractivity contribution is -0.479. The lowest BCUT2D eigenvalue weighted by Gasteiger charge is -2.31. The number of nitrogen functional groups attached to an aromatic ring is 1. The van der Waals surface area contributed by atoms with Crippen molar-refractivity contribution in [3.05, 3.63) is 55.2 Å². The normalized spacial score (nSPS) is 12.6. The smallest absolute Gasteiger partial charge is 0.355 e. The number of halogens is 4. The first-order valence-electron chi connectivity index (χ1n) is 7.55. The Morgan fingerprint density at radius 2 is 1.79 bits per heavy atom. The summed E-state index contributed by atoms with van der Waals surface area (Å²) in [6, 6.07) is 4.41. The molecule has 0 amide bonds. The van der Waals surface area contributed by atoms with Crippen molar-refractivity contribution in [3.63, 3.8) is 0 Å². The molecule has 0 fully saturated rings. The number of imidazole rings is 1.